The number of hydrogen-bond donors (Lipinski definition) is 2. The third kappa shape index (κ3) is 3.27. The monoisotopic (exact) mass is 283 g/mol. The van der Waals surface area contributed by atoms with E-state index < -0.39 is 6.04 Å². The zero-order valence-electron chi connectivity index (χ0n) is 11.7. The van der Waals surface area contributed by atoms with Gasteiger partial charge in [-0.25, -0.2) is 4.79 Å². The normalized spacial score (nSPS) is 26.9. The second-order valence-electron chi connectivity index (χ2n) is 5.04. The predicted molar refractivity (Wildman–Crippen MR) is 70.7 cm³/mol. The Hall–Kier alpha value is -1.63. The average Bonchev–Trinajstić information content (AvgIpc) is 2.47. The summed E-state index contributed by atoms with van der Waals surface area (Å²) in [5.74, 6) is -0.684. The molecule has 2 aliphatic heterocycles. The Kier molecular flexibility index (Phi) is 4.94. The van der Waals surface area contributed by atoms with Crippen LogP contribution in [0.2, 0.25) is 0 Å². The fraction of sp³-hybridized carbons (Fsp3) is 0.769. The summed E-state index contributed by atoms with van der Waals surface area (Å²) in [4.78, 5) is 37.2. The first-order chi connectivity index (χ1) is 9.63. The number of ether oxygens (including phenoxy) is 1. The van der Waals surface area contributed by atoms with Crippen molar-refractivity contribution in [2.75, 3.05) is 32.8 Å². The van der Waals surface area contributed by atoms with Gasteiger partial charge in [0.2, 0.25) is 11.8 Å². The molecular formula is C13H21N3O4. The number of nitrogens with zero attached hydrogens (tertiary/aromatic N) is 1. The molecule has 2 unspecified atom stereocenters. The van der Waals surface area contributed by atoms with Crippen molar-refractivity contribution in [1.29, 1.82) is 0 Å². The van der Waals surface area contributed by atoms with Gasteiger partial charge in [-0.3, -0.25) is 9.59 Å². The number of piperazine rings is 1. The van der Waals surface area contributed by atoms with E-state index >= 15 is 0 Å². The van der Waals surface area contributed by atoms with E-state index in [9.17, 15) is 14.4 Å². The van der Waals surface area contributed by atoms with Gasteiger partial charge >= 0.3 is 5.97 Å². The van der Waals surface area contributed by atoms with Crippen LogP contribution in [-0.4, -0.2) is 61.5 Å². The van der Waals surface area contributed by atoms with Crippen molar-refractivity contribution < 1.29 is 19.1 Å². The van der Waals surface area contributed by atoms with Gasteiger partial charge in [0.05, 0.1) is 12.5 Å². The minimum Gasteiger partial charge on any atom is -0.464 e. The van der Waals surface area contributed by atoms with Crippen LogP contribution in [0.4, 0.5) is 0 Å². The van der Waals surface area contributed by atoms with E-state index in [0.717, 1.165) is 0 Å². The number of rotatable bonds is 3. The van der Waals surface area contributed by atoms with Gasteiger partial charge in [-0.15, -0.1) is 0 Å². The summed E-state index contributed by atoms with van der Waals surface area (Å²) in [6, 6.07) is -0.561. The maximum atomic E-state index is 12.5. The lowest BCUT2D eigenvalue weighted by molar-refractivity contribution is -0.157. The SMILES string of the molecule is CCOC(=O)C1CNCCN1C(=O)C1CCC(=O)NC1. The topological polar surface area (TPSA) is 87.7 Å². The summed E-state index contributed by atoms with van der Waals surface area (Å²) >= 11 is 0. The van der Waals surface area contributed by atoms with Crippen molar-refractivity contribution >= 4 is 17.8 Å². The summed E-state index contributed by atoms with van der Waals surface area (Å²) in [5.41, 5.74) is 0. The van der Waals surface area contributed by atoms with E-state index in [2.05, 4.69) is 10.6 Å². The number of nitrogens with one attached hydrogen (secondary N) is 2. The average molecular weight is 283 g/mol. The molecule has 2 N–H and O–H groups in total. The fourth-order valence-electron chi connectivity index (χ4n) is 2.60. The molecular weight excluding hydrogens is 262 g/mol. The minimum absolute atomic E-state index is 0.0173. The van der Waals surface area contributed by atoms with Gasteiger partial charge in [0, 0.05) is 32.6 Å². The number of piperidine rings is 1. The summed E-state index contributed by atoms with van der Waals surface area (Å²) in [7, 11) is 0. The van der Waals surface area contributed by atoms with Gasteiger partial charge in [0.1, 0.15) is 6.04 Å². The zero-order valence-corrected chi connectivity index (χ0v) is 11.7. The predicted octanol–water partition coefficient (Wildman–Crippen LogP) is -1.12. The highest BCUT2D eigenvalue weighted by Crippen LogP contribution is 2.17. The van der Waals surface area contributed by atoms with Gasteiger partial charge in [-0.05, 0) is 13.3 Å². The molecule has 0 spiro atoms. The maximum absolute atomic E-state index is 12.5. The van der Waals surface area contributed by atoms with Crippen LogP contribution in [0, 0.1) is 5.92 Å². The van der Waals surface area contributed by atoms with Crippen LogP contribution in [0.5, 0.6) is 0 Å². The molecule has 0 aromatic carbocycles. The van der Waals surface area contributed by atoms with Gasteiger partial charge in [-0.2, -0.15) is 0 Å². The van der Waals surface area contributed by atoms with Crippen molar-refractivity contribution in [3.05, 3.63) is 0 Å². The summed E-state index contributed by atoms with van der Waals surface area (Å²) in [6.07, 6.45) is 0.913. The van der Waals surface area contributed by atoms with Crippen molar-refractivity contribution in [2.45, 2.75) is 25.8 Å². The third-order valence-electron chi connectivity index (χ3n) is 3.70. The number of hydrogen-bond acceptors (Lipinski definition) is 5. The van der Waals surface area contributed by atoms with E-state index in [-0.39, 0.29) is 23.7 Å². The van der Waals surface area contributed by atoms with Gasteiger partial charge in [-0.1, -0.05) is 0 Å². The molecule has 7 heteroatoms. The van der Waals surface area contributed by atoms with Crippen LogP contribution < -0.4 is 10.6 Å². The van der Waals surface area contributed by atoms with Crippen LogP contribution in [0.25, 0.3) is 0 Å². The zero-order chi connectivity index (χ0) is 14.5. The molecule has 20 heavy (non-hydrogen) atoms. The molecule has 0 aliphatic carbocycles. The molecule has 2 fully saturated rings. The summed E-state index contributed by atoms with van der Waals surface area (Å²) in [5, 5.41) is 5.81. The van der Waals surface area contributed by atoms with E-state index in [1.807, 2.05) is 0 Å². The molecule has 7 nitrogen and oxygen atoms in total. The van der Waals surface area contributed by atoms with Crippen LogP contribution in [0.15, 0.2) is 0 Å². The van der Waals surface area contributed by atoms with Gasteiger partial charge in [0.15, 0.2) is 0 Å². The van der Waals surface area contributed by atoms with E-state index in [1.54, 1.807) is 11.8 Å². The molecule has 0 aromatic heterocycles. The van der Waals surface area contributed by atoms with Crippen molar-refractivity contribution in [2.24, 2.45) is 5.92 Å². The molecule has 0 aromatic rings. The highest BCUT2D eigenvalue weighted by molar-refractivity contribution is 5.88. The molecule has 112 valence electrons. The molecule has 0 bridgehead atoms. The van der Waals surface area contributed by atoms with Crippen LogP contribution in [-0.2, 0) is 19.1 Å². The number of carbonyl (C=O) groups is 3. The molecule has 2 rings (SSSR count). The van der Waals surface area contributed by atoms with Crippen molar-refractivity contribution in [3.63, 3.8) is 0 Å². The molecule has 2 amide bonds. The number of esters is 1. The standard InChI is InChI=1S/C13H21N3O4/c1-2-20-13(19)10-8-14-5-6-16(10)12(18)9-3-4-11(17)15-7-9/h9-10,14H,2-8H2,1H3,(H,15,17). The Morgan fingerprint density at radius 2 is 2.20 bits per heavy atom. The molecule has 0 radical (unpaired) electrons. The van der Waals surface area contributed by atoms with Crippen LogP contribution >= 0.6 is 0 Å². The Balaban J connectivity index is 2.01. The quantitative estimate of drug-likeness (QED) is 0.640. The second-order valence-corrected chi connectivity index (χ2v) is 5.04. The highest BCUT2D eigenvalue weighted by atomic mass is 16.5. The molecule has 2 heterocycles. The lowest BCUT2D eigenvalue weighted by atomic mass is 9.96. The van der Waals surface area contributed by atoms with Gasteiger partial charge < -0.3 is 20.3 Å². The Labute approximate surface area is 118 Å². The number of amides is 2. The summed E-state index contributed by atoms with van der Waals surface area (Å²) in [6.45, 7) is 3.99. The maximum Gasteiger partial charge on any atom is 0.330 e. The van der Waals surface area contributed by atoms with Crippen molar-refractivity contribution in [1.82, 2.24) is 15.5 Å². The number of carbonyl (C=O) groups excluding carboxylic acids is 3. The molecule has 2 atom stereocenters. The lowest BCUT2D eigenvalue weighted by Crippen LogP contribution is -2.59. The first-order valence-corrected chi connectivity index (χ1v) is 7.08. The fourth-order valence-corrected chi connectivity index (χ4v) is 2.60. The summed E-state index contributed by atoms with van der Waals surface area (Å²) < 4.78 is 5.02. The van der Waals surface area contributed by atoms with E-state index in [0.29, 0.717) is 45.6 Å². The van der Waals surface area contributed by atoms with Crippen LogP contribution in [0.1, 0.15) is 19.8 Å². The Bertz CT molecular complexity index is 389. The third-order valence-corrected chi connectivity index (χ3v) is 3.70. The Morgan fingerprint density at radius 1 is 1.40 bits per heavy atom. The molecule has 0 saturated carbocycles. The smallest absolute Gasteiger partial charge is 0.330 e. The first-order valence-electron chi connectivity index (χ1n) is 7.08. The lowest BCUT2D eigenvalue weighted by Gasteiger charge is -2.37. The molecule has 2 aliphatic rings. The second kappa shape index (κ2) is 6.69. The Morgan fingerprint density at radius 3 is 2.85 bits per heavy atom. The van der Waals surface area contributed by atoms with Crippen molar-refractivity contribution in [3.8, 4) is 0 Å². The first kappa shape index (κ1) is 14.8. The van der Waals surface area contributed by atoms with Gasteiger partial charge in [0.25, 0.3) is 0 Å². The van der Waals surface area contributed by atoms with E-state index in [1.165, 1.54) is 0 Å². The molecule has 2 saturated heterocycles. The van der Waals surface area contributed by atoms with E-state index in [4.69, 9.17) is 4.74 Å². The minimum atomic E-state index is -0.561. The van der Waals surface area contributed by atoms with Crippen LogP contribution in [0.3, 0.4) is 0 Å². The highest BCUT2D eigenvalue weighted by Gasteiger charge is 2.37. The largest absolute Gasteiger partial charge is 0.464 e.